The summed E-state index contributed by atoms with van der Waals surface area (Å²) >= 11 is 0. The number of rotatable bonds is 5. The van der Waals surface area contributed by atoms with E-state index in [1.165, 1.54) is 0 Å². The third kappa shape index (κ3) is 3.54. The molecule has 1 saturated heterocycles. The van der Waals surface area contributed by atoms with Crippen molar-refractivity contribution in [3.63, 3.8) is 0 Å². The van der Waals surface area contributed by atoms with Crippen molar-refractivity contribution in [2.24, 2.45) is 0 Å². The van der Waals surface area contributed by atoms with Crippen molar-refractivity contribution in [3.05, 3.63) is 30.2 Å². The van der Waals surface area contributed by atoms with Gasteiger partial charge in [0.2, 0.25) is 0 Å². The zero-order valence-corrected chi connectivity index (χ0v) is 14.0. The first-order valence-corrected chi connectivity index (χ1v) is 8.08. The first-order chi connectivity index (χ1) is 11.0. The van der Waals surface area contributed by atoms with E-state index in [0.29, 0.717) is 18.3 Å². The summed E-state index contributed by atoms with van der Waals surface area (Å²) in [6.45, 7) is 8.67. The average Bonchev–Trinajstić information content (AvgIpc) is 2.94. The number of imidazole rings is 1. The predicted octanol–water partition coefficient (Wildman–Crippen LogP) is 1.55. The van der Waals surface area contributed by atoms with Gasteiger partial charge < -0.3 is 9.64 Å². The molecular formula is C17H24N4O2. The van der Waals surface area contributed by atoms with E-state index >= 15 is 0 Å². The van der Waals surface area contributed by atoms with E-state index in [4.69, 9.17) is 4.74 Å². The highest BCUT2D eigenvalue weighted by Crippen LogP contribution is 2.16. The highest BCUT2D eigenvalue weighted by Gasteiger charge is 2.20. The summed E-state index contributed by atoms with van der Waals surface area (Å²) in [6, 6.07) is 4.35. The third-order valence-corrected chi connectivity index (χ3v) is 4.57. The Morgan fingerprint density at radius 1 is 1.43 bits per heavy atom. The largest absolute Gasteiger partial charge is 0.492 e. The van der Waals surface area contributed by atoms with Gasteiger partial charge in [-0.3, -0.25) is 14.1 Å². The van der Waals surface area contributed by atoms with E-state index in [-0.39, 0.29) is 5.78 Å². The van der Waals surface area contributed by atoms with E-state index in [9.17, 15) is 4.79 Å². The van der Waals surface area contributed by atoms with Crippen LogP contribution in [0.5, 0.6) is 5.75 Å². The van der Waals surface area contributed by atoms with Gasteiger partial charge in [0, 0.05) is 51.4 Å². The second-order valence-electron chi connectivity index (χ2n) is 6.27. The number of hydrogen-bond donors (Lipinski definition) is 0. The van der Waals surface area contributed by atoms with Crippen molar-refractivity contribution >= 4 is 11.4 Å². The van der Waals surface area contributed by atoms with Crippen molar-refractivity contribution in [1.29, 1.82) is 0 Å². The maximum absolute atomic E-state index is 11.5. The van der Waals surface area contributed by atoms with Crippen LogP contribution in [0.1, 0.15) is 24.3 Å². The van der Waals surface area contributed by atoms with Crippen LogP contribution in [0.2, 0.25) is 0 Å². The molecule has 0 aliphatic carbocycles. The van der Waals surface area contributed by atoms with Crippen LogP contribution in [-0.4, -0.2) is 70.8 Å². The highest BCUT2D eigenvalue weighted by atomic mass is 16.5. The van der Waals surface area contributed by atoms with Gasteiger partial charge in [0.15, 0.2) is 5.78 Å². The van der Waals surface area contributed by atoms with Crippen LogP contribution in [0.25, 0.3) is 5.65 Å². The van der Waals surface area contributed by atoms with Gasteiger partial charge in [0.25, 0.3) is 0 Å². The van der Waals surface area contributed by atoms with Crippen LogP contribution in [-0.2, 0) is 0 Å². The average molecular weight is 316 g/mol. The molecule has 1 fully saturated rings. The highest BCUT2D eigenvalue weighted by molar-refractivity contribution is 5.93. The number of ether oxygens (including phenoxy) is 1. The lowest BCUT2D eigenvalue weighted by Crippen LogP contribution is -2.50. The molecule has 0 unspecified atom stereocenters. The van der Waals surface area contributed by atoms with Gasteiger partial charge in [0.1, 0.15) is 23.7 Å². The van der Waals surface area contributed by atoms with E-state index in [0.717, 1.165) is 37.6 Å². The van der Waals surface area contributed by atoms with Crippen LogP contribution in [0, 0.1) is 0 Å². The number of likely N-dealkylation sites (N-methyl/N-ethyl adjacent to an activating group) is 1. The minimum atomic E-state index is 0.00959. The molecule has 3 rings (SSSR count). The number of pyridine rings is 1. The van der Waals surface area contributed by atoms with Crippen molar-refractivity contribution < 1.29 is 9.53 Å². The summed E-state index contributed by atoms with van der Waals surface area (Å²) in [7, 11) is 2.17. The van der Waals surface area contributed by atoms with Crippen LogP contribution in [0.15, 0.2) is 24.5 Å². The van der Waals surface area contributed by atoms with Gasteiger partial charge in [-0.2, -0.15) is 0 Å². The van der Waals surface area contributed by atoms with E-state index in [1.54, 1.807) is 17.5 Å². The smallest absolute Gasteiger partial charge is 0.178 e. The molecule has 124 valence electrons. The van der Waals surface area contributed by atoms with E-state index in [1.807, 2.05) is 18.3 Å². The lowest BCUT2D eigenvalue weighted by atomic mass is 10.2. The standard InChI is InChI=1S/C17H24N4O2/c1-13-12-20(7-6-19(13)3)8-9-23-15-4-5-21-16(14(2)22)11-18-17(21)10-15/h4-5,10-11,13H,6-9,12H2,1-3H3/t13-/m0/s1. The number of Topliss-reactive ketones (excluding diaryl/α,β-unsaturated/α-hetero) is 1. The van der Waals surface area contributed by atoms with Crippen LogP contribution in [0.3, 0.4) is 0 Å². The number of piperazine rings is 1. The van der Waals surface area contributed by atoms with Gasteiger partial charge in [0.05, 0.1) is 6.20 Å². The van der Waals surface area contributed by atoms with Crippen molar-refractivity contribution in [2.75, 3.05) is 39.8 Å². The van der Waals surface area contributed by atoms with E-state index < -0.39 is 0 Å². The molecule has 0 amide bonds. The first-order valence-electron chi connectivity index (χ1n) is 8.08. The van der Waals surface area contributed by atoms with E-state index in [2.05, 4.69) is 28.8 Å². The van der Waals surface area contributed by atoms with Crippen LogP contribution < -0.4 is 4.74 Å². The number of aromatic nitrogens is 2. The summed E-state index contributed by atoms with van der Waals surface area (Å²) in [5.41, 5.74) is 1.33. The maximum atomic E-state index is 11.5. The Morgan fingerprint density at radius 3 is 3.00 bits per heavy atom. The summed E-state index contributed by atoms with van der Waals surface area (Å²) in [5, 5.41) is 0. The minimum absolute atomic E-state index is 0.00959. The Balaban J connectivity index is 1.56. The molecule has 0 bridgehead atoms. The summed E-state index contributed by atoms with van der Waals surface area (Å²) in [4.78, 5) is 20.6. The predicted molar refractivity (Wildman–Crippen MR) is 89.2 cm³/mol. The second-order valence-corrected chi connectivity index (χ2v) is 6.27. The summed E-state index contributed by atoms with van der Waals surface area (Å²) < 4.78 is 7.64. The SMILES string of the molecule is CC(=O)c1cnc2cc(OCCN3CCN(C)[C@@H](C)C3)ccn12. The van der Waals surface area contributed by atoms with Crippen molar-refractivity contribution in [3.8, 4) is 5.75 Å². The molecule has 2 aromatic heterocycles. The molecule has 3 heterocycles. The van der Waals surface area contributed by atoms with Gasteiger partial charge in [-0.1, -0.05) is 0 Å². The Labute approximate surface area is 136 Å². The Bertz CT molecular complexity index is 697. The van der Waals surface area contributed by atoms with Gasteiger partial charge in [-0.25, -0.2) is 4.98 Å². The Kier molecular flexibility index (Phi) is 4.63. The molecule has 6 heteroatoms. The molecule has 0 saturated carbocycles. The molecule has 1 atom stereocenters. The fourth-order valence-electron chi connectivity index (χ4n) is 2.93. The topological polar surface area (TPSA) is 50.1 Å². The lowest BCUT2D eigenvalue weighted by molar-refractivity contribution is 0.0928. The molecule has 0 N–H and O–H groups in total. The van der Waals surface area contributed by atoms with Crippen molar-refractivity contribution in [1.82, 2.24) is 19.2 Å². The Morgan fingerprint density at radius 2 is 2.26 bits per heavy atom. The van der Waals surface area contributed by atoms with Crippen molar-refractivity contribution in [2.45, 2.75) is 19.9 Å². The van der Waals surface area contributed by atoms with Gasteiger partial charge in [-0.15, -0.1) is 0 Å². The number of ketones is 1. The summed E-state index contributed by atoms with van der Waals surface area (Å²) in [5.74, 6) is 0.802. The third-order valence-electron chi connectivity index (χ3n) is 4.57. The number of carbonyl (C=O) groups is 1. The molecule has 0 aromatic carbocycles. The second kappa shape index (κ2) is 6.68. The molecular weight excluding hydrogens is 292 g/mol. The fourth-order valence-corrected chi connectivity index (χ4v) is 2.93. The normalized spacial score (nSPS) is 20.0. The molecule has 6 nitrogen and oxygen atoms in total. The summed E-state index contributed by atoms with van der Waals surface area (Å²) in [6.07, 6.45) is 3.44. The number of nitrogens with zero attached hydrogens (tertiary/aromatic N) is 4. The number of hydrogen-bond acceptors (Lipinski definition) is 5. The first kappa shape index (κ1) is 16.0. The van der Waals surface area contributed by atoms with Crippen LogP contribution >= 0.6 is 0 Å². The van der Waals surface area contributed by atoms with Gasteiger partial charge in [-0.05, 0) is 20.0 Å². The maximum Gasteiger partial charge on any atom is 0.178 e. The molecule has 0 spiro atoms. The molecule has 1 aliphatic heterocycles. The molecule has 2 aromatic rings. The Hall–Kier alpha value is -1.92. The molecule has 0 radical (unpaired) electrons. The molecule has 1 aliphatic rings. The molecule has 23 heavy (non-hydrogen) atoms. The zero-order valence-electron chi connectivity index (χ0n) is 14.0. The monoisotopic (exact) mass is 316 g/mol. The lowest BCUT2D eigenvalue weighted by Gasteiger charge is -2.37. The van der Waals surface area contributed by atoms with Gasteiger partial charge >= 0.3 is 0 Å². The zero-order chi connectivity index (χ0) is 16.4. The fraction of sp³-hybridized carbons (Fsp3) is 0.529. The van der Waals surface area contributed by atoms with Crippen LogP contribution in [0.4, 0.5) is 0 Å². The number of fused-ring (bicyclic) bond motifs is 1. The quantitative estimate of drug-likeness (QED) is 0.784. The number of carbonyl (C=O) groups excluding carboxylic acids is 1. The minimum Gasteiger partial charge on any atom is -0.492 e.